The molecule has 0 spiro atoms. The average Bonchev–Trinajstić information content (AvgIpc) is 3.61. The molecule has 0 bridgehead atoms. The number of ether oxygens (including phenoxy) is 2. The quantitative estimate of drug-likeness (QED) is 0.177. The first kappa shape index (κ1) is 34.5. The summed E-state index contributed by atoms with van der Waals surface area (Å²) in [4.78, 5) is 31.6. The second kappa shape index (κ2) is 15.8. The zero-order valence-corrected chi connectivity index (χ0v) is 28.2. The summed E-state index contributed by atoms with van der Waals surface area (Å²) in [6.07, 6.45) is 11.4. The lowest BCUT2D eigenvalue weighted by Gasteiger charge is -2.28. The number of carbonyl (C=O) groups excluding carboxylic acids is 2. The molecule has 3 unspecified atom stereocenters. The molecule has 0 saturated heterocycles. The van der Waals surface area contributed by atoms with Crippen molar-refractivity contribution in [1.29, 1.82) is 0 Å². The van der Waals surface area contributed by atoms with Gasteiger partial charge in [-0.1, -0.05) is 88.2 Å². The first-order valence-electron chi connectivity index (χ1n) is 17.0. The number of benzene rings is 1. The van der Waals surface area contributed by atoms with Crippen LogP contribution in [0.25, 0.3) is 0 Å². The second-order valence-electron chi connectivity index (χ2n) is 13.9. The lowest BCUT2D eigenvalue weighted by atomic mass is 9.84. The van der Waals surface area contributed by atoms with Gasteiger partial charge in [0.15, 0.2) is 5.15 Å². The van der Waals surface area contributed by atoms with Crippen molar-refractivity contribution in [2.75, 3.05) is 0 Å². The molecule has 44 heavy (non-hydrogen) atoms. The van der Waals surface area contributed by atoms with Gasteiger partial charge in [0.25, 0.3) is 0 Å². The zero-order chi connectivity index (χ0) is 31.9. The Bertz CT molecular complexity index is 1220. The van der Waals surface area contributed by atoms with E-state index in [0.717, 1.165) is 94.0 Å². The highest BCUT2D eigenvalue weighted by Crippen LogP contribution is 2.39. The van der Waals surface area contributed by atoms with Gasteiger partial charge in [-0.25, -0.2) is 4.98 Å². The van der Waals surface area contributed by atoms with Gasteiger partial charge in [0.2, 0.25) is 6.29 Å². The molecule has 2 fully saturated rings. The number of hydrogen-bond donors (Lipinski definition) is 1. The SMILES string of the molecule is CCCCc1nc(Cl)c(C(CC)C(=O)OC(O)C2CCCCC2)n1Cc1ccc(C(C(=O)OC(C)(C)C)C2CCCC2)cc1. The Labute approximate surface area is 269 Å². The van der Waals surface area contributed by atoms with Crippen LogP contribution in [-0.4, -0.2) is 38.5 Å². The highest BCUT2D eigenvalue weighted by atomic mass is 35.5. The summed E-state index contributed by atoms with van der Waals surface area (Å²) in [6, 6.07) is 8.24. The van der Waals surface area contributed by atoms with Crippen LogP contribution in [0.3, 0.4) is 0 Å². The van der Waals surface area contributed by atoms with E-state index in [1.807, 2.05) is 27.7 Å². The number of aliphatic hydroxyl groups excluding tert-OH is 1. The molecule has 0 radical (unpaired) electrons. The number of aryl methyl sites for hydroxylation is 1. The van der Waals surface area contributed by atoms with Crippen molar-refractivity contribution < 1.29 is 24.2 Å². The summed E-state index contributed by atoms with van der Waals surface area (Å²) in [5.74, 6) is -0.410. The molecule has 0 amide bonds. The summed E-state index contributed by atoms with van der Waals surface area (Å²) >= 11 is 6.77. The van der Waals surface area contributed by atoms with Crippen LogP contribution < -0.4 is 0 Å². The number of rotatable bonds is 13. The van der Waals surface area contributed by atoms with Crippen molar-refractivity contribution in [2.24, 2.45) is 11.8 Å². The Kier molecular flexibility index (Phi) is 12.3. The van der Waals surface area contributed by atoms with E-state index in [9.17, 15) is 14.7 Å². The molecule has 4 rings (SSSR count). The van der Waals surface area contributed by atoms with Gasteiger partial charge >= 0.3 is 11.9 Å². The molecule has 3 atom stereocenters. The van der Waals surface area contributed by atoms with E-state index in [2.05, 4.69) is 35.8 Å². The number of esters is 2. The van der Waals surface area contributed by atoms with Gasteiger partial charge in [-0.05, 0) is 76.3 Å². The minimum absolute atomic E-state index is 0.0158. The normalized spacial score (nSPS) is 18.6. The monoisotopic (exact) mass is 628 g/mol. The molecule has 2 aliphatic carbocycles. The Morgan fingerprint density at radius 1 is 0.977 bits per heavy atom. The molecule has 7 nitrogen and oxygen atoms in total. The largest absolute Gasteiger partial charge is 0.459 e. The Hall–Kier alpha value is -2.38. The first-order chi connectivity index (χ1) is 21.0. The van der Waals surface area contributed by atoms with Crippen LogP contribution in [-0.2, 0) is 32.0 Å². The molecule has 1 aromatic heterocycles. The third-order valence-electron chi connectivity index (χ3n) is 9.32. The number of aromatic nitrogens is 2. The summed E-state index contributed by atoms with van der Waals surface area (Å²) in [5, 5.41) is 11.1. The molecule has 0 aliphatic heterocycles. The lowest BCUT2D eigenvalue weighted by molar-refractivity contribution is -0.181. The van der Waals surface area contributed by atoms with Crippen LogP contribution in [0.15, 0.2) is 24.3 Å². The fraction of sp³-hybridized carbons (Fsp3) is 0.694. The standard InChI is InChI=1S/C36H53ClN2O5/c1-6-8-18-29-38-32(37)31(28(7-2)34(41)43-33(40)27-16-10-9-11-17-27)39(29)23-24-19-21-26(22-20-24)30(25-14-12-13-15-25)35(42)44-36(3,4)5/h19-22,25,27-28,30,33,40H,6-18,23H2,1-5H3. The predicted octanol–water partition coefficient (Wildman–Crippen LogP) is 8.48. The molecule has 1 heterocycles. The van der Waals surface area contributed by atoms with Crippen molar-refractivity contribution in [3.63, 3.8) is 0 Å². The molecule has 244 valence electrons. The fourth-order valence-corrected chi connectivity index (χ4v) is 7.30. The zero-order valence-electron chi connectivity index (χ0n) is 27.4. The topological polar surface area (TPSA) is 90.6 Å². The third kappa shape index (κ3) is 8.87. The van der Waals surface area contributed by atoms with Gasteiger partial charge in [-0.15, -0.1) is 0 Å². The van der Waals surface area contributed by atoms with Gasteiger partial charge < -0.3 is 19.1 Å². The van der Waals surface area contributed by atoms with E-state index in [1.165, 1.54) is 0 Å². The molecular weight excluding hydrogens is 576 g/mol. The minimum atomic E-state index is -1.10. The number of unbranched alkanes of at least 4 members (excludes halogenated alkanes) is 1. The molecule has 2 aromatic rings. The van der Waals surface area contributed by atoms with Crippen molar-refractivity contribution in [2.45, 2.75) is 148 Å². The second-order valence-corrected chi connectivity index (χ2v) is 14.2. The number of aliphatic hydroxyl groups is 1. The summed E-state index contributed by atoms with van der Waals surface area (Å²) < 4.78 is 13.6. The maximum absolute atomic E-state index is 13.5. The third-order valence-corrected chi connectivity index (χ3v) is 9.60. The predicted molar refractivity (Wildman–Crippen MR) is 174 cm³/mol. The van der Waals surface area contributed by atoms with Crippen molar-refractivity contribution in [3.8, 4) is 0 Å². The van der Waals surface area contributed by atoms with Crippen LogP contribution in [0.5, 0.6) is 0 Å². The highest BCUT2D eigenvalue weighted by Gasteiger charge is 2.36. The first-order valence-corrected chi connectivity index (χ1v) is 17.3. The van der Waals surface area contributed by atoms with Gasteiger partial charge in [0.1, 0.15) is 17.3 Å². The van der Waals surface area contributed by atoms with Crippen LogP contribution in [0, 0.1) is 11.8 Å². The van der Waals surface area contributed by atoms with Crippen molar-refractivity contribution >= 4 is 23.5 Å². The van der Waals surface area contributed by atoms with Crippen molar-refractivity contribution in [3.05, 3.63) is 52.1 Å². The van der Waals surface area contributed by atoms with Gasteiger partial charge in [-0.3, -0.25) is 9.59 Å². The average molecular weight is 629 g/mol. The van der Waals surface area contributed by atoms with E-state index in [4.69, 9.17) is 26.1 Å². The van der Waals surface area contributed by atoms with E-state index < -0.39 is 23.8 Å². The lowest BCUT2D eigenvalue weighted by Crippen LogP contribution is -2.31. The van der Waals surface area contributed by atoms with Gasteiger partial charge in [0, 0.05) is 18.9 Å². The van der Waals surface area contributed by atoms with Gasteiger partial charge in [-0.2, -0.15) is 0 Å². The van der Waals surface area contributed by atoms with E-state index >= 15 is 0 Å². The Balaban J connectivity index is 1.59. The minimum Gasteiger partial charge on any atom is -0.459 e. The molecule has 1 N–H and O–H groups in total. The van der Waals surface area contributed by atoms with Crippen LogP contribution in [0.4, 0.5) is 0 Å². The number of carbonyl (C=O) groups is 2. The maximum atomic E-state index is 13.5. The number of nitrogens with zero attached hydrogens (tertiary/aromatic N) is 2. The smallest absolute Gasteiger partial charge is 0.317 e. The molecule has 1 aromatic carbocycles. The maximum Gasteiger partial charge on any atom is 0.317 e. The number of halogens is 1. The fourth-order valence-electron chi connectivity index (χ4n) is 6.97. The van der Waals surface area contributed by atoms with E-state index in [1.54, 1.807) is 0 Å². The summed E-state index contributed by atoms with van der Waals surface area (Å²) in [6.45, 7) is 10.3. The van der Waals surface area contributed by atoms with Gasteiger partial charge in [0.05, 0.1) is 11.6 Å². The summed E-state index contributed by atoms with van der Waals surface area (Å²) in [7, 11) is 0. The number of imidazole rings is 1. The van der Waals surface area contributed by atoms with E-state index in [-0.39, 0.29) is 23.7 Å². The van der Waals surface area contributed by atoms with Crippen LogP contribution in [0.1, 0.15) is 146 Å². The molecule has 2 aliphatic rings. The molecule has 2 saturated carbocycles. The molecular formula is C36H53ClN2O5. The van der Waals surface area contributed by atoms with E-state index in [0.29, 0.717) is 23.8 Å². The Morgan fingerprint density at radius 2 is 1.59 bits per heavy atom. The Morgan fingerprint density at radius 3 is 2.18 bits per heavy atom. The van der Waals surface area contributed by atoms with Crippen LogP contribution in [0.2, 0.25) is 5.15 Å². The number of hydrogen-bond acceptors (Lipinski definition) is 6. The summed E-state index contributed by atoms with van der Waals surface area (Å²) in [5.41, 5.74) is 2.12. The van der Waals surface area contributed by atoms with Crippen molar-refractivity contribution in [1.82, 2.24) is 9.55 Å². The van der Waals surface area contributed by atoms with Crippen LogP contribution >= 0.6 is 11.6 Å². The highest BCUT2D eigenvalue weighted by molar-refractivity contribution is 6.30. The molecule has 8 heteroatoms.